The fourth-order valence-corrected chi connectivity index (χ4v) is 2.99. The number of likely N-dealkylation sites (tertiary alicyclic amines) is 1. The van der Waals surface area contributed by atoms with Crippen LogP contribution < -0.4 is 9.47 Å². The number of esters is 1. The highest BCUT2D eigenvalue weighted by Crippen LogP contribution is 2.31. The molecule has 1 fully saturated rings. The van der Waals surface area contributed by atoms with E-state index in [0.717, 1.165) is 31.6 Å². The Morgan fingerprint density at radius 3 is 2.56 bits per heavy atom. The number of alkyl halides is 3. The van der Waals surface area contributed by atoms with Crippen molar-refractivity contribution in [3.63, 3.8) is 0 Å². The summed E-state index contributed by atoms with van der Waals surface area (Å²) in [6.07, 6.45) is -3.82. The summed E-state index contributed by atoms with van der Waals surface area (Å²) in [5.74, 6) is 0.0770. The molecule has 3 rings (SSSR count). The molecule has 1 aliphatic heterocycles. The Balaban J connectivity index is 1.66. The number of likely N-dealkylation sites (N-methyl/N-ethyl adjacent to an activating group) is 1. The molecular formula is C20H20F3NO3. The lowest BCUT2D eigenvalue weighted by Crippen LogP contribution is -2.22. The van der Waals surface area contributed by atoms with Crippen LogP contribution in [-0.4, -0.2) is 37.1 Å². The van der Waals surface area contributed by atoms with Gasteiger partial charge in [-0.2, -0.15) is 13.2 Å². The SMILES string of the molecule is CN1CCC(Oc2ccccc2OC(=O)Cc2cccc(C(F)(F)F)c2)C1. The minimum absolute atomic E-state index is 0.0123. The lowest BCUT2D eigenvalue weighted by molar-refractivity contribution is -0.138. The van der Waals surface area contributed by atoms with Gasteiger partial charge in [0.15, 0.2) is 11.5 Å². The largest absolute Gasteiger partial charge is 0.485 e. The zero-order chi connectivity index (χ0) is 19.4. The molecule has 0 aliphatic carbocycles. The predicted octanol–water partition coefficient (Wildman–Crippen LogP) is 3.94. The molecule has 2 aromatic carbocycles. The van der Waals surface area contributed by atoms with E-state index in [1.165, 1.54) is 12.1 Å². The maximum Gasteiger partial charge on any atom is 0.416 e. The number of hydrogen-bond donors (Lipinski definition) is 0. The van der Waals surface area contributed by atoms with Gasteiger partial charge in [0.25, 0.3) is 0 Å². The molecule has 0 aromatic heterocycles. The molecule has 1 aliphatic rings. The number of halogens is 3. The van der Waals surface area contributed by atoms with E-state index < -0.39 is 17.7 Å². The third-order valence-electron chi connectivity index (χ3n) is 4.32. The van der Waals surface area contributed by atoms with E-state index in [1.54, 1.807) is 24.3 Å². The standard InChI is InChI=1S/C20H20F3NO3/c1-24-10-9-16(13-24)26-17-7-2-3-8-18(17)27-19(25)12-14-5-4-6-15(11-14)20(21,22)23/h2-8,11,16H,9-10,12-13H2,1H3. The number of ether oxygens (including phenoxy) is 2. The molecule has 27 heavy (non-hydrogen) atoms. The van der Waals surface area contributed by atoms with Crippen LogP contribution in [0.2, 0.25) is 0 Å². The van der Waals surface area contributed by atoms with Crippen molar-refractivity contribution in [2.75, 3.05) is 20.1 Å². The van der Waals surface area contributed by atoms with E-state index >= 15 is 0 Å². The van der Waals surface area contributed by atoms with Gasteiger partial charge >= 0.3 is 12.1 Å². The molecule has 0 spiro atoms. The number of para-hydroxylation sites is 2. The van der Waals surface area contributed by atoms with Crippen LogP contribution in [0.5, 0.6) is 11.5 Å². The van der Waals surface area contributed by atoms with E-state index in [4.69, 9.17) is 9.47 Å². The summed E-state index contributed by atoms with van der Waals surface area (Å²) in [6.45, 7) is 1.72. The van der Waals surface area contributed by atoms with Crippen LogP contribution in [0.3, 0.4) is 0 Å². The molecule has 144 valence electrons. The molecule has 4 nitrogen and oxygen atoms in total. The molecule has 0 amide bonds. The normalized spacial score (nSPS) is 17.7. The third-order valence-corrected chi connectivity index (χ3v) is 4.32. The van der Waals surface area contributed by atoms with Gasteiger partial charge < -0.3 is 14.4 Å². The van der Waals surface area contributed by atoms with Crippen LogP contribution in [0.15, 0.2) is 48.5 Å². The number of carbonyl (C=O) groups excluding carboxylic acids is 1. The topological polar surface area (TPSA) is 38.8 Å². The van der Waals surface area contributed by atoms with Gasteiger partial charge in [0.1, 0.15) is 6.10 Å². The van der Waals surface area contributed by atoms with Crippen molar-refractivity contribution in [2.24, 2.45) is 0 Å². The number of benzene rings is 2. The average Bonchev–Trinajstić information content (AvgIpc) is 3.01. The van der Waals surface area contributed by atoms with Crippen LogP contribution in [0.25, 0.3) is 0 Å². The molecular weight excluding hydrogens is 359 g/mol. The molecule has 1 heterocycles. The van der Waals surface area contributed by atoms with Gasteiger partial charge in [-0.3, -0.25) is 4.79 Å². The Bertz CT molecular complexity index is 807. The second-order valence-electron chi connectivity index (χ2n) is 6.59. The maximum atomic E-state index is 12.8. The highest BCUT2D eigenvalue weighted by Gasteiger charge is 2.30. The van der Waals surface area contributed by atoms with Gasteiger partial charge in [0, 0.05) is 13.1 Å². The summed E-state index contributed by atoms with van der Waals surface area (Å²) in [5.41, 5.74) is -0.549. The number of hydrogen-bond acceptors (Lipinski definition) is 4. The predicted molar refractivity (Wildman–Crippen MR) is 93.8 cm³/mol. The highest BCUT2D eigenvalue weighted by atomic mass is 19.4. The van der Waals surface area contributed by atoms with Gasteiger partial charge in [-0.25, -0.2) is 0 Å². The second-order valence-corrected chi connectivity index (χ2v) is 6.59. The van der Waals surface area contributed by atoms with E-state index in [2.05, 4.69) is 4.90 Å². The molecule has 0 radical (unpaired) electrons. The van der Waals surface area contributed by atoms with E-state index in [1.807, 2.05) is 7.05 Å². The first-order chi connectivity index (χ1) is 12.8. The van der Waals surface area contributed by atoms with E-state index in [9.17, 15) is 18.0 Å². The summed E-state index contributed by atoms with van der Waals surface area (Å²) in [4.78, 5) is 14.4. The van der Waals surface area contributed by atoms with Crippen molar-refractivity contribution < 1.29 is 27.4 Å². The van der Waals surface area contributed by atoms with Crippen molar-refractivity contribution >= 4 is 5.97 Å². The van der Waals surface area contributed by atoms with Gasteiger partial charge in [0.05, 0.1) is 12.0 Å². The van der Waals surface area contributed by atoms with Crippen LogP contribution in [0, 0.1) is 0 Å². The minimum atomic E-state index is -4.45. The lowest BCUT2D eigenvalue weighted by Gasteiger charge is -2.16. The molecule has 1 unspecified atom stereocenters. The Labute approximate surface area is 155 Å². The molecule has 2 aromatic rings. The summed E-state index contributed by atoms with van der Waals surface area (Å²) in [7, 11) is 2.00. The first kappa shape index (κ1) is 19.2. The zero-order valence-corrected chi connectivity index (χ0v) is 14.8. The Morgan fingerprint density at radius 1 is 1.15 bits per heavy atom. The quantitative estimate of drug-likeness (QED) is 0.583. The van der Waals surface area contributed by atoms with Gasteiger partial charge in [-0.05, 0) is 37.2 Å². The summed E-state index contributed by atoms with van der Waals surface area (Å²) in [5, 5.41) is 0. The van der Waals surface area contributed by atoms with E-state index in [-0.39, 0.29) is 23.8 Å². The van der Waals surface area contributed by atoms with Crippen molar-refractivity contribution in [3.05, 3.63) is 59.7 Å². The Hall–Kier alpha value is -2.54. The first-order valence-corrected chi connectivity index (χ1v) is 8.62. The van der Waals surface area contributed by atoms with Crippen LogP contribution >= 0.6 is 0 Å². The monoisotopic (exact) mass is 379 g/mol. The second kappa shape index (κ2) is 8.00. The van der Waals surface area contributed by atoms with Crippen molar-refractivity contribution in [2.45, 2.75) is 25.1 Å². The average molecular weight is 379 g/mol. The first-order valence-electron chi connectivity index (χ1n) is 8.62. The fraction of sp³-hybridized carbons (Fsp3) is 0.350. The Kier molecular flexibility index (Phi) is 5.70. The van der Waals surface area contributed by atoms with Crippen LogP contribution in [0.1, 0.15) is 17.5 Å². The molecule has 0 N–H and O–H groups in total. The van der Waals surface area contributed by atoms with Gasteiger partial charge in [0.2, 0.25) is 0 Å². The number of rotatable bonds is 5. The van der Waals surface area contributed by atoms with Crippen molar-refractivity contribution in [3.8, 4) is 11.5 Å². The molecule has 1 saturated heterocycles. The maximum absolute atomic E-state index is 12.8. The van der Waals surface area contributed by atoms with Crippen molar-refractivity contribution in [1.29, 1.82) is 0 Å². The van der Waals surface area contributed by atoms with Crippen molar-refractivity contribution in [1.82, 2.24) is 4.90 Å². The molecule has 1 atom stereocenters. The van der Waals surface area contributed by atoms with Gasteiger partial charge in [-0.15, -0.1) is 0 Å². The molecule has 0 saturated carbocycles. The van der Waals surface area contributed by atoms with E-state index in [0.29, 0.717) is 5.75 Å². The fourth-order valence-electron chi connectivity index (χ4n) is 2.99. The van der Waals surface area contributed by atoms with Gasteiger partial charge in [-0.1, -0.05) is 30.3 Å². The number of nitrogens with zero attached hydrogens (tertiary/aromatic N) is 1. The number of carbonyl (C=O) groups is 1. The zero-order valence-electron chi connectivity index (χ0n) is 14.8. The highest BCUT2D eigenvalue weighted by molar-refractivity contribution is 5.76. The van der Waals surface area contributed by atoms with Crippen LogP contribution in [-0.2, 0) is 17.4 Å². The smallest absolute Gasteiger partial charge is 0.416 e. The molecule has 0 bridgehead atoms. The Morgan fingerprint density at radius 2 is 1.89 bits per heavy atom. The summed E-state index contributed by atoms with van der Waals surface area (Å²) in [6, 6.07) is 11.5. The lowest BCUT2D eigenvalue weighted by atomic mass is 10.1. The molecule has 7 heteroatoms. The summed E-state index contributed by atoms with van der Waals surface area (Å²) < 4.78 is 49.6. The van der Waals surface area contributed by atoms with Crippen LogP contribution in [0.4, 0.5) is 13.2 Å². The minimum Gasteiger partial charge on any atom is -0.485 e. The summed E-state index contributed by atoms with van der Waals surface area (Å²) >= 11 is 0. The third kappa shape index (κ3) is 5.23.